The zero-order valence-corrected chi connectivity index (χ0v) is 12.5. The van der Waals surface area contributed by atoms with E-state index in [0.29, 0.717) is 26.2 Å². The van der Waals surface area contributed by atoms with Crippen molar-refractivity contribution < 1.29 is 18.0 Å². The Hall–Kier alpha value is -1.19. The Morgan fingerprint density at radius 3 is 2.70 bits per heavy atom. The van der Waals surface area contributed by atoms with Gasteiger partial charge in [0.2, 0.25) is 10.0 Å². The summed E-state index contributed by atoms with van der Waals surface area (Å²) in [5.41, 5.74) is 0. The third-order valence-electron chi connectivity index (χ3n) is 2.84. The smallest absolute Gasteiger partial charge is 0.311 e. The van der Waals surface area contributed by atoms with Crippen molar-refractivity contribution in [1.82, 2.24) is 20.3 Å². The minimum atomic E-state index is -3.38. The van der Waals surface area contributed by atoms with E-state index < -0.39 is 21.8 Å². The number of nitrogens with one attached hydrogen (secondary N) is 3. The van der Waals surface area contributed by atoms with Gasteiger partial charge in [0.05, 0.1) is 5.75 Å². The van der Waals surface area contributed by atoms with Crippen LogP contribution in [0.25, 0.3) is 0 Å². The maximum Gasteiger partial charge on any atom is 0.311 e. The molecule has 0 bridgehead atoms. The van der Waals surface area contributed by atoms with Gasteiger partial charge in [-0.3, -0.25) is 9.59 Å². The van der Waals surface area contributed by atoms with E-state index in [2.05, 4.69) is 15.4 Å². The zero-order valence-electron chi connectivity index (χ0n) is 11.6. The summed E-state index contributed by atoms with van der Waals surface area (Å²) in [6.45, 7) is 4.41. The second-order valence-corrected chi connectivity index (χ2v) is 6.39. The molecule has 0 aliphatic carbocycles. The lowest BCUT2D eigenvalue weighted by Crippen LogP contribution is -2.45. The number of nitrogens with zero attached hydrogens (tertiary/aromatic N) is 1. The van der Waals surface area contributed by atoms with E-state index in [1.165, 1.54) is 4.90 Å². The van der Waals surface area contributed by atoms with Gasteiger partial charge in [-0.1, -0.05) is 6.92 Å². The van der Waals surface area contributed by atoms with Gasteiger partial charge in [-0.15, -0.1) is 0 Å². The van der Waals surface area contributed by atoms with Crippen molar-refractivity contribution >= 4 is 21.8 Å². The Balaban J connectivity index is 2.36. The van der Waals surface area contributed by atoms with Crippen molar-refractivity contribution in [3.8, 4) is 0 Å². The number of carbonyl (C=O) groups excluding carboxylic acids is 2. The minimum Gasteiger partial charge on any atom is -0.347 e. The molecule has 0 spiro atoms. The van der Waals surface area contributed by atoms with Crippen LogP contribution in [0.2, 0.25) is 0 Å². The second kappa shape index (κ2) is 8.18. The first kappa shape index (κ1) is 16.9. The van der Waals surface area contributed by atoms with Crippen LogP contribution < -0.4 is 15.4 Å². The molecule has 1 aliphatic heterocycles. The highest BCUT2D eigenvalue weighted by atomic mass is 32.2. The fourth-order valence-electron chi connectivity index (χ4n) is 1.86. The first-order chi connectivity index (χ1) is 9.46. The van der Waals surface area contributed by atoms with Crippen molar-refractivity contribution in [3.63, 3.8) is 0 Å². The first-order valence-corrected chi connectivity index (χ1v) is 8.36. The Bertz CT molecular complexity index is 430. The second-order valence-electron chi connectivity index (χ2n) is 4.47. The van der Waals surface area contributed by atoms with E-state index in [4.69, 9.17) is 0 Å². The predicted octanol–water partition coefficient (Wildman–Crippen LogP) is -2.14. The molecular formula is C11H22N4O4S. The highest BCUT2D eigenvalue weighted by Gasteiger charge is 2.22. The van der Waals surface area contributed by atoms with Crippen LogP contribution in [0.1, 0.15) is 13.3 Å². The molecule has 1 aliphatic rings. The Kier molecular flexibility index (Phi) is 6.89. The quantitative estimate of drug-likeness (QED) is 0.503. The van der Waals surface area contributed by atoms with Gasteiger partial charge in [0, 0.05) is 32.7 Å². The average Bonchev–Trinajstić information content (AvgIpc) is 2.66. The summed E-state index contributed by atoms with van der Waals surface area (Å²) in [5, 5.41) is 5.48. The molecule has 0 aromatic rings. The van der Waals surface area contributed by atoms with Crippen LogP contribution in [0.4, 0.5) is 0 Å². The third-order valence-corrected chi connectivity index (χ3v) is 4.31. The largest absolute Gasteiger partial charge is 0.347 e. The molecule has 2 amide bonds. The molecular weight excluding hydrogens is 284 g/mol. The predicted molar refractivity (Wildman–Crippen MR) is 74.5 cm³/mol. The van der Waals surface area contributed by atoms with Crippen LogP contribution in [0, 0.1) is 0 Å². The molecule has 0 radical (unpaired) electrons. The fourth-order valence-corrected chi connectivity index (χ4v) is 2.81. The summed E-state index contributed by atoms with van der Waals surface area (Å²) in [6, 6.07) is 0. The third kappa shape index (κ3) is 5.85. The molecule has 9 heteroatoms. The Morgan fingerprint density at radius 1 is 1.25 bits per heavy atom. The lowest BCUT2D eigenvalue weighted by Gasteiger charge is -2.19. The van der Waals surface area contributed by atoms with Gasteiger partial charge in [-0.25, -0.2) is 13.1 Å². The summed E-state index contributed by atoms with van der Waals surface area (Å²) in [7, 11) is -3.38. The number of amides is 2. The van der Waals surface area contributed by atoms with E-state index in [0.717, 1.165) is 13.0 Å². The molecule has 20 heavy (non-hydrogen) atoms. The van der Waals surface area contributed by atoms with Gasteiger partial charge in [0.1, 0.15) is 0 Å². The summed E-state index contributed by atoms with van der Waals surface area (Å²) in [5.74, 6) is -1.59. The minimum absolute atomic E-state index is 0.0774. The summed E-state index contributed by atoms with van der Waals surface area (Å²) in [6.07, 6.45) is 0.799. The van der Waals surface area contributed by atoms with Gasteiger partial charge in [0.15, 0.2) is 0 Å². The van der Waals surface area contributed by atoms with Crippen molar-refractivity contribution in [2.24, 2.45) is 0 Å². The molecule has 3 N–H and O–H groups in total. The number of hydrogen-bond donors (Lipinski definition) is 3. The van der Waals surface area contributed by atoms with Gasteiger partial charge < -0.3 is 15.5 Å². The number of carbonyl (C=O) groups is 2. The molecule has 1 saturated heterocycles. The van der Waals surface area contributed by atoms with E-state index in [1.54, 1.807) is 6.92 Å². The van der Waals surface area contributed by atoms with Crippen molar-refractivity contribution in [2.75, 3.05) is 45.0 Å². The molecule has 0 aromatic heterocycles. The standard InChI is InChI=1S/C11H22N4O4S/c1-2-14-20(18,19)9-6-13-10(16)11(17)15-7-3-4-12-5-8-15/h12,14H,2-9H2,1H3,(H,13,16). The van der Waals surface area contributed by atoms with E-state index in [9.17, 15) is 18.0 Å². The van der Waals surface area contributed by atoms with Crippen molar-refractivity contribution in [3.05, 3.63) is 0 Å². The summed E-state index contributed by atoms with van der Waals surface area (Å²) in [4.78, 5) is 25.0. The first-order valence-electron chi connectivity index (χ1n) is 6.71. The van der Waals surface area contributed by atoms with Crippen molar-refractivity contribution in [1.29, 1.82) is 0 Å². The molecule has 0 atom stereocenters. The van der Waals surface area contributed by atoms with Crippen LogP contribution in [0.15, 0.2) is 0 Å². The van der Waals surface area contributed by atoms with Gasteiger partial charge >= 0.3 is 11.8 Å². The molecule has 8 nitrogen and oxygen atoms in total. The lowest BCUT2D eigenvalue weighted by atomic mass is 10.3. The van der Waals surface area contributed by atoms with Gasteiger partial charge in [-0.2, -0.15) is 0 Å². The number of sulfonamides is 1. The maximum atomic E-state index is 11.9. The molecule has 1 fully saturated rings. The molecule has 0 unspecified atom stereocenters. The van der Waals surface area contributed by atoms with Crippen LogP contribution >= 0.6 is 0 Å². The molecule has 1 rings (SSSR count). The SMILES string of the molecule is CCNS(=O)(=O)CCNC(=O)C(=O)N1CCCNCC1. The number of rotatable bonds is 5. The fraction of sp³-hybridized carbons (Fsp3) is 0.818. The maximum absolute atomic E-state index is 11.9. The molecule has 0 aromatic carbocycles. The van der Waals surface area contributed by atoms with Crippen molar-refractivity contribution in [2.45, 2.75) is 13.3 Å². The van der Waals surface area contributed by atoms with E-state index in [-0.39, 0.29) is 12.3 Å². The normalized spacial score (nSPS) is 16.6. The van der Waals surface area contributed by atoms with Crippen LogP contribution in [0.3, 0.4) is 0 Å². The van der Waals surface area contributed by atoms with E-state index in [1.807, 2.05) is 0 Å². The van der Waals surface area contributed by atoms with Crippen LogP contribution in [-0.4, -0.2) is 70.2 Å². The van der Waals surface area contributed by atoms with E-state index >= 15 is 0 Å². The summed E-state index contributed by atoms with van der Waals surface area (Å²) < 4.78 is 25.0. The van der Waals surface area contributed by atoms with Gasteiger partial charge in [0.25, 0.3) is 0 Å². The Labute approximate surface area is 119 Å². The summed E-state index contributed by atoms with van der Waals surface area (Å²) >= 11 is 0. The average molecular weight is 306 g/mol. The molecule has 116 valence electrons. The zero-order chi connectivity index (χ0) is 15.0. The molecule has 1 heterocycles. The number of hydrogen-bond acceptors (Lipinski definition) is 5. The highest BCUT2D eigenvalue weighted by Crippen LogP contribution is 1.96. The Morgan fingerprint density at radius 2 is 2.00 bits per heavy atom. The van der Waals surface area contributed by atoms with Gasteiger partial charge in [-0.05, 0) is 13.0 Å². The highest BCUT2D eigenvalue weighted by molar-refractivity contribution is 7.89. The van der Waals surface area contributed by atoms with Crippen LogP contribution in [0.5, 0.6) is 0 Å². The van der Waals surface area contributed by atoms with Crippen LogP contribution in [-0.2, 0) is 19.6 Å². The molecule has 0 saturated carbocycles. The monoisotopic (exact) mass is 306 g/mol. The lowest BCUT2D eigenvalue weighted by molar-refractivity contribution is -0.145. The topological polar surface area (TPSA) is 108 Å².